The zero-order chi connectivity index (χ0) is 24.1. The summed E-state index contributed by atoms with van der Waals surface area (Å²) >= 11 is 0. The molecule has 1 N–H and O–H groups in total. The van der Waals surface area contributed by atoms with Gasteiger partial charge in [-0.2, -0.15) is 0 Å². The Morgan fingerprint density at radius 3 is 2.56 bits per heavy atom. The number of nitrogens with one attached hydrogen (secondary N) is 1. The van der Waals surface area contributed by atoms with E-state index in [9.17, 15) is 14.4 Å². The maximum absolute atomic E-state index is 12.9. The maximum Gasteiger partial charge on any atom is 0.419 e. The molecule has 1 aliphatic heterocycles. The largest absolute Gasteiger partial charge is 0.419 e. The molecule has 4 rings (SSSR count). The molecule has 0 aliphatic carbocycles. The smallest absolute Gasteiger partial charge is 0.408 e. The van der Waals surface area contributed by atoms with Gasteiger partial charge in [-0.05, 0) is 56.8 Å². The summed E-state index contributed by atoms with van der Waals surface area (Å²) in [4.78, 5) is 41.3. The molecule has 0 atom stereocenters. The number of aromatic nitrogens is 1. The second-order valence-electron chi connectivity index (χ2n) is 8.84. The van der Waals surface area contributed by atoms with Gasteiger partial charge in [0.15, 0.2) is 5.58 Å². The number of hydrogen-bond acceptors (Lipinski definition) is 5. The number of piperidine rings is 1. The molecule has 0 saturated carbocycles. The minimum absolute atomic E-state index is 0.0381. The fraction of sp³-hybridized carbons (Fsp3) is 0.346. The van der Waals surface area contributed by atoms with Crippen molar-refractivity contribution in [3.63, 3.8) is 0 Å². The van der Waals surface area contributed by atoms with Crippen molar-refractivity contribution in [1.82, 2.24) is 14.4 Å². The molecule has 0 radical (unpaired) electrons. The van der Waals surface area contributed by atoms with Crippen molar-refractivity contribution >= 4 is 34.7 Å². The zero-order valence-corrected chi connectivity index (χ0v) is 19.6. The van der Waals surface area contributed by atoms with Crippen LogP contribution < -0.4 is 11.1 Å². The number of likely N-dealkylation sites (N-methyl/N-ethyl adjacent to an activating group) is 1. The molecule has 34 heavy (non-hydrogen) atoms. The topological polar surface area (TPSA) is 87.8 Å². The van der Waals surface area contributed by atoms with Gasteiger partial charge >= 0.3 is 5.76 Å². The van der Waals surface area contributed by atoms with Crippen LogP contribution in [-0.2, 0) is 16.1 Å². The Bertz CT molecular complexity index is 1230. The molecule has 8 nitrogen and oxygen atoms in total. The lowest BCUT2D eigenvalue weighted by atomic mass is 9.95. The predicted octanol–water partition coefficient (Wildman–Crippen LogP) is 3.05. The van der Waals surface area contributed by atoms with Crippen molar-refractivity contribution < 1.29 is 14.0 Å². The highest BCUT2D eigenvalue weighted by atomic mass is 16.4. The summed E-state index contributed by atoms with van der Waals surface area (Å²) in [5.41, 5.74) is 2.76. The van der Waals surface area contributed by atoms with Crippen molar-refractivity contribution in [3.8, 4) is 0 Å². The first kappa shape index (κ1) is 23.5. The highest BCUT2D eigenvalue weighted by molar-refractivity contribution is 5.95. The van der Waals surface area contributed by atoms with Crippen LogP contribution in [0.25, 0.3) is 17.2 Å². The molecular formula is C26H30N4O4. The highest BCUT2D eigenvalue weighted by Gasteiger charge is 2.26. The third-order valence-electron chi connectivity index (χ3n) is 6.10. The summed E-state index contributed by atoms with van der Waals surface area (Å²) in [7, 11) is 3.88. The van der Waals surface area contributed by atoms with Crippen molar-refractivity contribution in [2.75, 3.05) is 39.0 Å². The number of carbonyl (C=O) groups excluding carboxylic acids is 2. The van der Waals surface area contributed by atoms with E-state index in [1.165, 1.54) is 0 Å². The zero-order valence-electron chi connectivity index (χ0n) is 19.6. The quantitative estimate of drug-likeness (QED) is 0.546. The first-order chi connectivity index (χ1) is 16.4. The molecular weight excluding hydrogens is 432 g/mol. The van der Waals surface area contributed by atoms with Crippen LogP contribution in [0.2, 0.25) is 0 Å². The van der Waals surface area contributed by atoms with Crippen molar-refractivity contribution in [3.05, 3.63) is 70.7 Å². The molecule has 0 bridgehead atoms. The number of amides is 2. The number of nitrogens with zero attached hydrogens (tertiary/aromatic N) is 3. The van der Waals surface area contributed by atoms with Crippen LogP contribution in [0.1, 0.15) is 18.4 Å². The second kappa shape index (κ2) is 10.5. The second-order valence-corrected chi connectivity index (χ2v) is 8.84. The standard InChI is InChI=1S/C26H30N4O4/c1-28(2)16-17-30-22-18-21(9-10-23(22)34-26(30)33)27-25(32)20-12-14-29(15-13-20)24(31)11-8-19-6-4-3-5-7-19/h3-11,18,20H,12-17H2,1-2H3,(H,27,32)/b11-8+. The molecule has 2 heterocycles. The number of benzene rings is 2. The Kier molecular flexibility index (Phi) is 7.27. The van der Waals surface area contributed by atoms with Crippen molar-refractivity contribution in [2.45, 2.75) is 19.4 Å². The number of anilines is 1. The Hall–Kier alpha value is -3.65. The highest BCUT2D eigenvalue weighted by Crippen LogP contribution is 2.22. The molecule has 2 aromatic carbocycles. The van der Waals surface area contributed by atoms with E-state index in [4.69, 9.17) is 4.42 Å². The molecule has 1 aliphatic rings. The third kappa shape index (κ3) is 5.63. The first-order valence-corrected chi connectivity index (χ1v) is 11.5. The van der Waals surface area contributed by atoms with Gasteiger partial charge in [-0.1, -0.05) is 30.3 Å². The van der Waals surface area contributed by atoms with Gasteiger partial charge in [-0.15, -0.1) is 0 Å². The number of oxazole rings is 1. The predicted molar refractivity (Wildman–Crippen MR) is 132 cm³/mol. The van der Waals surface area contributed by atoms with E-state index in [1.54, 1.807) is 33.7 Å². The van der Waals surface area contributed by atoms with Gasteiger partial charge in [0.1, 0.15) is 0 Å². The van der Waals surface area contributed by atoms with Crippen molar-refractivity contribution in [1.29, 1.82) is 0 Å². The lowest BCUT2D eigenvalue weighted by Gasteiger charge is -2.30. The Balaban J connectivity index is 1.34. The van der Waals surface area contributed by atoms with Crippen LogP contribution in [0.5, 0.6) is 0 Å². The van der Waals surface area contributed by atoms with Crippen LogP contribution in [0.4, 0.5) is 5.69 Å². The number of likely N-dealkylation sites (tertiary alicyclic amines) is 1. The van der Waals surface area contributed by atoms with E-state index in [0.717, 1.165) is 5.56 Å². The van der Waals surface area contributed by atoms with Gasteiger partial charge in [0.25, 0.3) is 0 Å². The van der Waals surface area contributed by atoms with E-state index < -0.39 is 5.76 Å². The van der Waals surface area contributed by atoms with Gasteiger partial charge in [-0.3, -0.25) is 14.2 Å². The first-order valence-electron chi connectivity index (χ1n) is 11.5. The summed E-state index contributed by atoms with van der Waals surface area (Å²) in [5, 5.41) is 2.97. The van der Waals surface area contributed by atoms with E-state index in [-0.39, 0.29) is 17.7 Å². The SMILES string of the molecule is CN(C)CCn1c(=O)oc2ccc(NC(=O)C3CCN(C(=O)/C=C/c4ccccc4)CC3)cc21. The van der Waals surface area contributed by atoms with Crippen LogP contribution in [0.15, 0.2) is 63.8 Å². The Morgan fingerprint density at radius 2 is 1.85 bits per heavy atom. The van der Waals surface area contributed by atoms with E-state index in [1.807, 2.05) is 55.4 Å². The summed E-state index contributed by atoms with van der Waals surface area (Å²) in [6.45, 7) is 2.28. The summed E-state index contributed by atoms with van der Waals surface area (Å²) < 4.78 is 6.90. The van der Waals surface area contributed by atoms with Gasteiger partial charge < -0.3 is 19.5 Å². The normalized spacial score (nSPS) is 14.9. The van der Waals surface area contributed by atoms with Crippen LogP contribution in [0.3, 0.4) is 0 Å². The minimum Gasteiger partial charge on any atom is -0.408 e. The van der Waals surface area contributed by atoms with Crippen LogP contribution >= 0.6 is 0 Å². The molecule has 1 aromatic heterocycles. The molecule has 178 valence electrons. The average Bonchev–Trinajstić information content (AvgIpc) is 3.16. The Morgan fingerprint density at radius 1 is 1.12 bits per heavy atom. The van der Waals surface area contributed by atoms with Crippen LogP contribution in [0, 0.1) is 5.92 Å². The van der Waals surface area contributed by atoms with Gasteiger partial charge in [0.2, 0.25) is 11.8 Å². The lowest BCUT2D eigenvalue weighted by Crippen LogP contribution is -2.40. The third-order valence-corrected chi connectivity index (χ3v) is 6.10. The van der Waals surface area contributed by atoms with Gasteiger partial charge in [0.05, 0.1) is 5.52 Å². The maximum atomic E-state index is 12.9. The monoisotopic (exact) mass is 462 g/mol. The lowest BCUT2D eigenvalue weighted by molar-refractivity contribution is -0.130. The summed E-state index contributed by atoms with van der Waals surface area (Å²) in [5.74, 6) is -0.683. The van der Waals surface area contributed by atoms with E-state index in [0.29, 0.717) is 55.8 Å². The number of carbonyl (C=O) groups is 2. The molecule has 0 unspecified atom stereocenters. The average molecular weight is 463 g/mol. The molecule has 0 spiro atoms. The van der Waals surface area contributed by atoms with Crippen molar-refractivity contribution in [2.24, 2.45) is 5.92 Å². The molecule has 1 saturated heterocycles. The molecule has 8 heteroatoms. The molecule has 1 fully saturated rings. The summed E-state index contributed by atoms with van der Waals surface area (Å²) in [6.07, 6.45) is 4.62. The van der Waals surface area contributed by atoms with Gasteiger partial charge in [0, 0.05) is 43.9 Å². The van der Waals surface area contributed by atoms with E-state index >= 15 is 0 Å². The fourth-order valence-electron chi connectivity index (χ4n) is 4.10. The number of rotatable bonds is 7. The molecule has 3 aromatic rings. The Labute approximate surface area is 198 Å². The fourth-order valence-corrected chi connectivity index (χ4v) is 4.10. The minimum atomic E-state index is -0.404. The van der Waals surface area contributed by atoms with E-state index in [2.05, 4.69) is 5.32 Å². The van der Waals surface area contributed by atoms with Gasteiger partial charge in [-0.25, -0.2) is 4.79 Å². The molecule has 2 amide bonds. The summed E-state index contributed by atoms with van der Waals surface area (Å²) in [6, 6.07) is 14.9. The number of hydrogen-bond donors (Lipinski definition) is 1. The number of fused-ring (bicyclic) bond motifs is 1. The van der Waals surface area contributed by atoms with Crippen LogP contribution in [-0.4, -0.2) is 59.9 Å².